The normalized spacial score (nSPS) is 29.5. The van der Waals surface area contributed by atoms with Crippen LogP contribution in [0.2, 0.25) is 0 Å². The summed E-state index contributed by atoms with van der Waals surface area (Å²) >= 11 is 0. The van der Waals surface area contributed by atoms with Crippen LogP contribution in [0.1, 0.15) is 19.3 Å². The van der Waals surface area contributed by atoms with E-state index in [9.17, 15) is 13.2 Å². The van der Waals surface area contributed by atoms with Crippen LogP contribution in [0.3, 0.4) is 0 Å². The molecule has 2 rings (SSSR count). The van der Waals surface area contributed by atoms with Gasteiger partial charge in [-0.15, -0.1) is 0 Å². The summed E-state index contributed by atoms with van der Waals surface area (Å²) in [6.07, 6.45) is -0.669. The minimum absolute atomic E-state index is 0.136. The van der Waals surface area contributed by atoms with Crippen molar-refractivity contribution in [3.05, 3.63) is 0 Å². The van der Waals surface area contributed by atoms with Crippen LogP contribution in [0.15, 0.2) is 0 Å². The highest BCUT2D eigenvalue weighted by Gasteiger charge is 2.33. The van der Waals surface area contributed by atoms with E-state index in [4.69, 9.17) is 4.74 Å². The van der Waals surface area contributed by atoms with E-state index in [1.807, 2.05) is 0 Å². The standard InChI is InChI=1S/C11H19F3N2O/c12-11(13,14)9-15-4-6-16(7-5-15)10-3-1-2-8-17-10/h10H,1-9H2. The van der Waals surface area contributed by atoms with E-state index in [2.05, 4.69) is 4.90 Å². The highest BCUT2D eigenvalue weighted by atomic mass is 19.4. The lowest BCUT2D eigenvalue weighted by Gasteiger charge is -2.40. The molecular weight excluding hydrogens is 233 g/mol. The molecule has 0 aromatic carbocycles. The van der Waals surface area contributed by atoms with Crippen molar-refractivity contribution in [2.45, 2.75) is 31.7 Å². The first kappa shape index (κ1) is 13.1. The molecule has 0 spiro atoms. The van der Waals surface area contributed by atoms with Gasteiger partial charge in [0, 0.05) is 32.8 Å². The van der Waals surface area contributed by atoms with E-state index in [1.165, 1.54) is 4.90 Å². The lowest BCUT2D eigenvalue weighted by Crippen LogP contribution is -2.53. The number of nitrogens with zero attached hydrogens (tertiary/aromatic N) is 2. The summed E-state index contributed by atoms with van der Waals surface area (Å²) in [7, 11) is 0. The number of alkyl halides is 3. The van der Waals surface area contributed by atoms with Gasteiger partial charge in [0.25, 0.3) is 0 Å². The molecule has 100 valence electrons. The molecule has 2 aliphatic heterocycles. The first-order chi connectivity index (χ1) is 8.04. The Morgan fingerprint density at radius 2 is 1.76 bits per heavy atom. The molecular formula is C11H19F3N2O. The first-order valence-electron chi connectivity index (χ1n) is 6.19. The average molecular weight is 252 g/mol. The zero-order valence-electron chi connectivity index (χ0n) is 9.88. The van der Waals surface area contributed by atoms with Crippen LogP contribution in [-0.4, -0.2) is 61.5 Å². The Hall–Kier alpha value is -0.330. The Morgan fingerprint density at radius 1 is 1.06 bits per heavy atom. The van der Waals surface area contributed by atoms with Crippen LogP contribution < -0.4 is 0 Å². The molecule has 0 N–H and O–H groups in total. The van der Waals surface area contributed by atoms with Gasteiger partial charge in [0.05, 0.1) is 6.54 Å². The van der Waals surface area contributed by atoms with Crippen LogP contribution >= 0.6 is 0 Å². The lowest BCUT2D eigenvalue weighted by molar-refractivity contribution is -0.156. The Labute approximate surface area is 99.5 Å². The maximum absolute atomic E-state index is 12.2. The molecule has 2 aliphatic rings. The molecule has 1 atom stereocenters. The molecule has 6 heteroatoms. The van der Waals surface area contributed by atoms with Gasteiger partial charge in [0.2, 0.25) is 0 Å². The van der Waals surface area contributed by atoms with Gasteiger partial charge in [0.15, 0.2) is 0 Å². The quantitative estimate of drug-likeness (QED) is 0.744. The second-order valence-corrected chi connectivity index (χ2v) is 4.75. The molecule has 0 amide bonds. The summed E-state index contributed by atoms with van der Waals surface area (Å²) in [4.78, 5) is 3.64. The molecule has 0 aromatic rings. The minimum atomic E-state index is -4.08. The van der Waals surface area contributed by atoms with Crippen molar-refractivity contribution in [1.29, 1.82) is 0 Å². The summed E-state index contributed by atoms with van der Waals surface area (Å²) < 4.78 is 42.3. The molecule has 17 heavy (non-hydrogen) atoms. The minimum Gasteiger partial charge on any atom is -0.363 e. The second kappa shape index (κ2) is 5.54. The van der Waals surface area contributed by atoms with Crippen LogP contribution in [-0.2, 0) is 4.74 Å². The number of hydrogen-bond acceptors (Lipinski definition) is 3. The third-order valence-electron chi connectivity index (χ3n) is 3.37. The Kier molecular flexibility index (Phi) is 4.27. The van der Waals surface area contributed by atoms with Gasteiger partial charge in [-0.2, -0.15) is 13.2 Å². The van der Waals surface area contributed by atoms with Crippen molar-refractivity contribution in [3.8, 4) is 0 Å². The van der Waals surface area contributed by atoms with E-state index in [1.54, 1.807) is 0 Å². The molecule has 0 saturated carbocycles. The van der Waals surface area contributed by atoms with Crippen LogP contribution in [0.5, 0.6) is 0 Å². The van der Waals surface area contributed by atoms with Gasteiger partial charge in [-0.1, -0.05) is 0 Å². The predicted molar refractivity (Wildman–Crippen MR) is 57.7 cm³/mol. The molecule has 0 bridgehead atoms. The van der Waals surface area contributed by atoms with Crippen molar-refractivity contribution < 1.29 is 17.9 Å². The Bertz CT molecular complexity index is 233. The molecule has 0 aromatic heterocycles. The maximum Gasteiger partial charge on any atom is 0.401 e. The van der Waals surface area contributed by atoms with Crippen molar-refractivity contribution >= 4 is 0 Å². The summed E-state index contributed by atoms with van der Waals surface area (Å²) in [6, 6.07) is 0. The fourth-order valence-electron chi connectivity index (χ4n) is 2.47. The number of piperazine rings is 1. The van der Waals surface area contributed by atoms with Crippen LogP contribution in [0, 0.1) is 0 Å². The van der Waals surface area contributed by atoms with Crippen molar-refractivity contribution in [3.63, 3.8) is 0 Å². The third kappa shape index (κ3) is 4.12. The summed E-state index contributed by atoms with van der Waals surface area (Å²) in [5, 5.41) is 0. The van der Waals surface area contributed by atoms with Crippen molar-refractivity contribution in [1.82, 2.24) is 9.80 Å². The molecule has 2 heterocycles. The fraction of sp³-hybridized carbons (Fsp3) is 1.00. The van der Waals surface area contributed by atoms with Gasteiger partial charge < -0.3 is 4.74 Å². The highest BCUT2D eigenvalue weighted by molar-refractivity contribution is 4.77. The maximum atomic E-state index is 12.2. The first-order valence-corrected chi connectivity index (χ1v) is 6.19. The fourth-order valence-corrected chi connectivity index (χ4v) is 2.47. The third-order valence-corrected chi connectivity index (χ3v) is 3.37. The number of ether oxygens (including phenoxy) is 1. The zero-order chi connectivity index (χ0) is 12.3. The smallest absolute Gasteiger partial charge is 0.363 e. The van der Waals surface area contributed by atoms with Crippen LogP contribution in [0.4, 0.5) is 13.2 Å². The van der Waals surface area contributed by atoms with Gasteiger partial charge in [-0.25, -0.2) is 0 Å². The molecule has 3 nitrogen and oxygen atoms in total. The summed E-state index contributed by atoms with van der Waals surface area (Å²) in [5.74, 6) is 0. The van der Waals surface area contributed by atoms with E-state index in [0.717, 1.165) is 25.9 Å². The van der Waals surface area contributed by atoms with Crippen molar-refractivity contribution in [2.24, 2.45) is 0 Å². The van der Waals surface area contributed by atoms with Gasteiger partial charge in [-0.05, 0) is 19.3 Å². The topological polar surface area (TPSA) is 15.7 Å². The number of hydrogen-bond donors (Lipinski definition) is 0. The SMILES string of the molecule is FC(F)(F)CN1CCN(C2CCCCO2)CC1. The van der Waals surface area contributed by atoms with E-state index in [0.29, 0.717) is 26.2 Å². The number of rotatable bonds is 2. The largest absolute Gasteiger partial charge is 0.401 e. The number of halogens is 3. The molecule has 0 radical (unpaired) electrons. The average Bonchev–Trinajstić information content (AvgIpc) is 2.29. The molecule has 2 saturated heterocycles. The van der Waals surface area contributed by atoms with Crippen LogP contribution in [0.25, 0.3) is 0 Å². The Balaban J connectivity index is 1.73. The van der Waals surface area contributed by atoms with Gasteiger partial charge in [-0.3, -0.25) is 9.80 Å². The Morgan fingerprint density at radius 3 is 2.29 bits per heavy atom. The van der Waals surface area contributed by atoms with E-state index in [-0.39, 0.29) is 6.23 Å². The lowest BCUT2D eigenvalue weighted by atomic mass is 10.1. The summed E-state index contributed by atoms with van der Waals surface area (Å²) in [6.45, 7) is 2.33. The molecule has 2 fully saturated rings. The molecule has 0 aliphatic carbocycles. The second-order valence-electron chi connectivity index (χ2n) is 4.75. The van der Waals surface area contributed by atoms with Crippen molar-refractivity contribution in [2.75, 3.05) is 39.3 Å². The van der Waals surface area contributed by atoms with Gasteiger partial charge >= 0.3 is 6.18 Å². The highest BCUT2D eigenvalue weighted by Crippen LogP contribution is 2.21. The summed E-state index contributed by atoms with van der Waals surface area (Å²) in [5.41, 5.74) is 0. The zero-order valence-corrected chi connectivity index (χ0v) is 9.88. The monoisotopic (exact) mass is 252 g/mol. The van der Waals surface area contributed by atoms with Gasteiger partial charge in [0.1, 0.15) is 6.23 Å². The van der Waals surface area contributed by atoms with E-state index < -0.39 is 12.7 Å². The molecule has 1 unspecified atom stereocenters. The van der Waals surface area contributed by atoms with E-state index >= 15 is 0 Å². The predicted octanol–water partition coefficient (Wildman–Crippen LogP) is 1.69.